The van der Waals surface area contributed by atoms with Gasteiger partial charge in [0.25, 0.3) is 0 Å². The molecule has 1 atom stereocenters. The van der Waals surface area contributed by atoms with Crippen molar-refractivity contribution < 1.29 is 14.3 Å². The minimum atomic E-state index is -0.502. The van der Waals surface area contributed by atoms with Gasteiger partial charge < -0.3 is 14.4 Å². The van der Waals surface area contributed by atoms with E-state index in [1.807, 2.05) is 39.0 Å². The summed E-state index contributed by atoms with van der Waals surface area (Å²) in [5.41, 5.74) is 0.707. The van der Waals surface area contributed by atoms with Crippen molar-refractivity contribution in [1.29, 1.82) is 0 Å². The van der Waals surface area contributed by atoms with Crippen LogP contribution in [0.5, 0.6) is 0 Å². The molecule has 0 aromatic heterocycles. The van der Waals surface area contributed by atoms with Crippen LogP contribution in [-0.2, 0) is 9.53 Å². The average molecular weight is 352 g/mol. The summed E-state index contributed by atoms with van der Waals surface area (Å²) in [6.45, 7) is 9.01. The van der Waals surface area contributed by atoms with Crippen molar-refractivity contribution in [3.8, 4) is 0 Å². The van der Waals surface area contributed by atoms with Gasteiger partial charge >= 0.3 is 6.09 Å². The summed E-state index contributed by atoms with van der Waals surface area (Å²) < 4.78 is 5.54. The predicted octanol–water partition coefficient (Wildman–Crippen LogP) is 4.35. The summed E-state index contributed by atoms with van der Waals surface area (Å²) in [5, 5.41) is 0. The first kappa shape index (κ1) is 20.6. The molecule has 4 nitrogen and oxygen atoms in total. The molecular formula is C19H29NO3S. The number of aldehydes is 1. The molecule has 0 bridgehead atoms. The van der Waals surface area contributed by atoms with Crippen LogP contribution < -0.4 is 0 Å². The Bertz CT molecular complexity index is 499. The Morgan fingerprint density at radius 1 is 1.29 bits per heavy atom. The van der Waals surface area contributed by atoms with Crippen molar-refractivity contribution >= 4 is 24.1 Å². The van der Waals surface area contributed by atoms with E-state index in [0.29, 0.717) is 18.8 Å². The first-order valence-electron chi connectivity index (χ1n) is 8.37. The van der Waals surface area contributed by atoms with E-state index in [2.05, 4.69) is 19.1 Å². The first-order chi connectivity index (χ1) is 11.3. The van der Waals surface area contributed by atoms with Gasteiger partial charge in [-0.1, -0.05) is 37.3 Å². The second-order valence-electron chi connectivity index (χ2n) is 6.83. The number of carbonyl (C=O) groups excluding carboxylic acids is 2. The third-order valence-corrected chi connectivity index (χ3v) is 4.37. The third-order valence-electron chi connectivity index (χ3n) is 3.42. The van der Waals surface area contributed by atoms with Crippen molar-refractivity contribution in [2.45, 2.75) is 45.6 Å². The maximum atomic E-state index is 12.5. The van der Waals surface area contributed by atoms with E-state index in [4.69, 9.17) is 4.74 Å². The normalized spacial score (nSPS) is 12.5. The number of rotatable bonds is 9. The van der Waals surface area contributed by atoms with Crippen molar-refractivity contribution in [2.75, 3.05) is 24.6 Å². The highest BCUT2D eigenvalue weighted by atomic mass is 32.2. The molecule has 1 aromatic rings. The van der Waals surface area contributed by atoms with Gasteiger partial charge in [0.1, 0.15) is 11.9 Å². The largest absolute Gasteiger partial charge is 0.444 e. The number of benzene rings is 1. The monoisotopic (exact) mass is 351 g/mol. The van der Waals surface area contributed by atoms with Crippen LogP contribution >= 0.6 is 11.8 Å². The third kappa shape index (κ3) is 8.39. The standard InChI is InChI=1S/C19H29NO3S/c1-16(17-9-6-5-7-10-17)15-20(11-8-13-24-14-12-21)18(22)23-19(2,3)4/h5-7,9-10,12,16H,8,11,13-15H2,1-4H3/t16-/m0/s1. The molecule has 0 saturated carbocycles. The number of thioether (sulfide) groups is 1. The molecule has 0 heterocycles. The molecule has 1 amide bonds. The van der Waals surface area contributed by atoms with Crippen LogP contribution in [0.3, 0.4) is 0 Å². The number of nitrogens with zero attached hydrogens (tertiary/aromatic N) is 1. The van der Waals surface area contributed by atoms with E-state index < -0.39 is 5.60 Å². The quantitative estimate of drug-likeness (QED) is 0.490. The zero-order valence-electron chi connectivity index (χ0n) is 15.2. The van der Waals surface area contributed by atoms with Gasteiger partial charge in [-0.05, 0) is 44.4 Å². The molecule has 5 heteroatoms. The lowest BCUT2D eigenvalue weighted by atomic mass is 10.0. The van der Waals surface area contributed by atoms with E-state index in [0.717, 1.165) is 18.5 Å². The summed E-state index contributed by atoms with van der Waals surface area (Å²) in [5.74, 6) is 1.60. The minimum absolute atomic E-state index is 0.237. The lowest BCUT2D eigenvalue weighted by Crippen LogP contribution is -2.39. The Morgan fingerprint density at radius 2 is 1.96 bits per heavy atom. The SMILES string of the molecule is C[C@@H](CN(CCCSCC=O)C(=O)OC(C)(C)C)c1ccccc1. The number of carbonyl (C=O) groups is 2. The Hall–Kier alpha value is -1.49. The van der Waals surface area contributed by atoms with Crippen LogP contribution in [0.4, 0.5) is 4.79 Å². The summed E-state index contributed by atoms with van der Waals surface area (Å²) >= 11 is 1.59. The molecule has 0 fully saturated rings. The van der Waals surface area contributed by atoms with Gasteiger partial charge in [0.2, 0.25) is 0 Å². The zero-order valence-corrected chi connectivity index (χ0v) is 16.0. The van der Waals surface area contributed by atoms with Gasteiger partial charge in [0, 0.05) is 18.8 Å². The summed E-state index contributed by atoms with van der Waals surface area (Å²) in [7, 11) is 0. The van der Waals surface area contributed by atoms with Gasteiger partial charge in [0.05, 0.1) is 0 Å². The lowest BCUT2D eigenvalue weighted by Gasteiger charge is -2.29. The van der Waals surface area contributed by atoms with E-state index in [1.54, 1.807) is 16.7 Å². The Balaban J connectivity index is 2.65. The first-order valence-corrected chi connectivity index (χ1v) is 9.53. The fraction of sp³-hybridized carbons (Fsp3) is 0.579. The molecule has 24 heavy (non-hydrogen) atoms. The highest BCUT2D eigenvalue weighted by Crippen LogP contribution is 2.19. The summed E-state index contributed by atoms with van der Waals surface area (Å²) in [4.78, 5) is 24.6. The molecule has 0 aliphatic carbocycles. The van der Waals surface area contributed by atoms with Crippen LogP contribution in [0.15, 0.2) is 30.3 Å². The maximum absolute atomic E-state index is 12.5. The molecule has 0 N–H and O–H groups in total. The highest BCUT2D eigenvalue weighted by molar-refractivity contribution is 7.99. The average Bonchev–Trinajstić information content (AvgIpc) is 2.52. The molecule has 0 saturated heterocycles. The predicted molar refractivity (Wildman–Crippen MR) is 101 cm³/mol. The van der Waals surface area contributed by atoms with E-state index in [1.165, 1.54) is 5.56 Å². The van der Waals surface area contributed by atoms with Crippen LogP contribution in [0.2, 0.25) is 0 Å². The van der Waals surface area contributed by atoms with Gasteiger partial charge in [0.15, 0.2) is 0 Å². The maximum Gasteiger partial charge on any atom is 0.410 e. The molecular weight excluding hydrogens is 322 g/mol. The highest BCUT2D eigenvalue weighted by Gasteiger charge is 2.23. The second kappa shape index (κ2) is 10.4. The fourth-order valence-electron chi connectivity index (χ4n) is 2.29. The molecule has 0 aliphatic heterocycles. The lowest BCUT2D eigenvalue weighted by molar-refractivity contribution is -0.105. The van der Waals surface area contributed by atoms with Crippen LogP contribution in [0, 0.1) is 0 Å². The number of ether oxygens (including phenoxy) is 1. The van der Waals surface area contributed by atoms with Crippen molar-refractivity contribution in [1.82, 2.24) is 4.90 Å². The molecule has 134 valence electrons. The molecule has 0 aliphatic rings. The summed E-state index contributed by atoms with van der Waals surface area (Å²) in [6.07, 6.45) is 1.48. The molecule has 0 spiro atoms. The van der Waals surface area contributed by atoms with Crippen molar-refractivity contribution in [3.63, 3.8) is 0 Å². The molecule has 1 rings (SSSR count). The Kier molecular flexibility index (Phi) is 8.90. The van der Waals surface area contributed by atoms with Crippen molar-refractivity contribution in [3.05, 3.63) is 35.9 Å². The van der Waals surface area contributed by atoms with E-state index in [9.17, 15) is 9.59 Å². The summed E-state index contributed by atoms with van der Waals surface area (Å²) in [6, 6.07) is 10.2. The zero-order chi connectivity index (χ0) is 18.0. The van der Waals surface area contributed by atoms with E-state index >= 15 is 0 Å². The minimum Gasteiger partial charge on any atom is -0.444 e. The van der Waals surface area contributed by atoms with Crippen LogP contribution in [0.1, 0.15) is 45.6 Å². The second-order valence-corrected chi connectivity index (χ2v) is 7.98. The fourth-order valence-corrected chi connectivity index (χ4v) is 2.89. The van der Waals surface area contributed by atoms with Gasteiger partial charge in [-0.15, -0.1) is 0 Å². The van der Waals surface area contributed by atoms with Gasteiger partial charge in [-0.2, -0.15) is 11.8 Å². The van der Waals surface area contributed by atoms with Gasteiger partial charge in [-0.3, -0.25) is 0 Å². The van der Waals surface area contributed by atoms with Crippen LogP contribution in [-0.4, -0.2) is 47.5 Å². The molecule has 1 aromatic carbocycles. The Morgan fingerprint density at radius 3 is 2.54 bits per heavy atom. The van der Waals surface area contributed by atoms with Gasteiger partial charge in [-0.25, -0.2) is 4.79 Å². The Labute approximate surface area is 149 Å². The van der Waals surface area contributed by atoms with Crippen LogP contribution in [0.25, 0.3) is 0 Å². The number of hydrogen-bond acceptors (Lipinski definition) is 4. The topological polar surface area (TPSA) is 46.6 Å². The molecule has 0 radical (unpaired) electrons. The van der Waals surface area contributed by atoms with E-state index in [-0.39, 0.29) is 12.0 Å². The molecule has 0 unspecified atom stereocenters. The van der Waals surface area contributed by atoms with Crippen molar-refractivity contribution in [2.24, 2.45) is 0 Å². The number of hydrogen-bond donors (Lipinski definition) is 0. The smallest absolute Gasteiger partial charge is 0.410 e. The number of amides is 1.